The minimum absolute atomic E-state index is 0.0891. The van der Waals surface area contributed by atoms with Gasteiger partial charge in [-0.25, -0.2) is 0 Å². The van der Waals surface area contributed by atoms with Crippen molar-refractivity contribution in [2.75, 3.05) is 13.2 Å². The number of carbonyl (C=O) groups excluding carboxylic acids is 3. The average Bonchev–Trinajstić information content (AvgIpc) is 3.26. The summed E-state index contributed by atoms with van der Waals surface area (Å²) in [5.74, 6) is -0.928. The summed E-state index contributed by atoms with van der Waals surface area (Å²) in [7, 11) is 0. The van der Waals surface area contributed by atoms with Gasteiger partial charge >= 0.3 is 17.9 Å². The molecular formula is C55H94O6. The summed E-state index contributed by atoms with van der Waals surface area (Å²) < 4.78 is 16.8. The quantitative estimate of drug-likeness (QED) is 0.0263. The molecule has 0 N–H and O–H groups in total. The third kappa shape index (κ3) is 47.7. The lowest BCUT2D eigenvalue weighted by Crippen LogP contribution is -2.30. The highest BCUT2D eigenvalue weighted by Crippen LogP contribution is 2.14. The van der Waals surface area contributed by atoms with E-state index in [1.54, 1.807) is 0 Å². The molecule has 1 atom stereocenters. The minimum Gasteiger partial charge on any atom is -0.462 e. The van der Waals surface area contributed by atoms with Gasteiger partial charge in [0.25, 0.3) is 0 Å². The Bertz CT molecular complexity index is 1160. The summed E-state index contributed by atoms with van der Waals surface area (Å²) in [5.41, 5.74) is 0. The standard InChI is InChI=1S/C55H94O6/c1-4-7-10-13-16-19-22-24-26-27-29-31-34-37-40-43-46-49-55(58)61-52(50-59-53(56)47-44-41-38-35-32-21-18-15-12-9-6-3)51-60-54(57)48-45-42-39-36-33-30-28-25-23-20-17-14-11-8-5-2/h8,11,16-17,19-20,24-26,28-29,31,52H,4-7,9-10,12-15,18,21-23,27,30,32-51H2,1-3H3/b11-8-,19-16-,20-17-,26-24-,28-25-,31-29-/t52-/m0/s1. The Balaban J connectivity index is 4.44. The molecule has 0 rings (SSSR count). The molecule has 0 aliphatic rings. The van der Waals surface area contributed by atoms with Crippen LogP contribution in [0.1, 0.15) is 239 Å². The number of rotatable bonds is 45. The molecule has 0 fully saturated rings. The van der Waals surface area contributed by atoms with Gasteiger partial charge in [-0.15, -0.1) is 0 Å². The van der Waals surface area contributed by atoms with Gasteiger partial charge in [-0.2, -0.15) is 0 Å². The van der Waals surface area contributed by atoms with E-state index in [1.165, 1.54) is 77.0 Å². The summed E-state index contributed by atoms with van der Waals surface area (Å²) in [6.07, 6.45) is 61.6. The van der Waals surface area contributed by atoms with E-state index >= 15 is 0 Å². The second-order valence-electron chi connectivity index (χ2n) is 16.7. The van der Waals surface area contributed by atoms with Crippen LogP contribution in [0.4, 0.5) is 0 Å². The number of hydrogen-bond acceptors (Lipinski definition) is 6. The maximum Gasteiger partial charge on any atom is 0.306 e. The summed E-state index contributed by atoms with van der Waals surface area (Å²) in [4.78, 5) is 37.9. The SMILES string of the molecule is CC/C=C\C/C=C\C/C=C\CCCCCCCC(=O)OC[C@H](COC(=O)CCCCCCCCCCCCC)OC(=O)CCCCCC/C=C\C/C=C\C/C=C\CCCCC. The van der Waals surface area contributed by atoms with Crippen molar-refractivity contribution < 1.29 is 28.6 Å². The first-order valence-corrected chi connectivity index (χ1v) is 25.4. The van der Waals surface area contributed by atoms with Gasteiger partial charge < -0.3 is 14.2 Å². The van der Waals surface area contributed by atoms with Crippen molar-refractivity contribution in [3.63, 3.8) is 0 Å². The lowest BCUT2D eigenvalue weighted by atomic mass is 10.1. The van der Waals surface area contributed by atoms with Crippen LogP contribution in [-0.4, -0.2) is 37.2 Å². The van der Waals surface area contributed by atoms with E-state index in [2.05, 4.69) is 93.7 Å². The van der Waals surface area contributed by atoms with E-state index in [0.29, 0.717) is 19.3 Å². The van der Waals surface area contributed by atoms with Gasteiger partial charge in [-0.3, -0.25) is 14.4 Å². The van der Waals surface area contributed by atoms with Crippen LogP contribution >= 0.6 is 0 Å². The highest BCUT2D eigenvalue weighted by molar-refractivity contribution is 5.71. The maximum absolute atomic E-state index is 12.8. The van der Waals surface area contributed by atoms with Gasteiger partial charge in [-0.05, 0) is 89.9 Å². The Hall–Kier alpha value is -3.15. The van der Waals surface area contributed by atoms with Crippen LogP contribution in [0.5, 0.6) is 0 Å². The molecule has 61 heavy (non-hydrogen) atoms. The van der Waals surface area contributed by atoms with Crippen molar-refractivity contribution in [3.05, 3.63) is 72.9 Å². The number of ether oxygens (including phenoxy) is 3. The highest BCUT2D eigenvalue weighted by Gasteiger charge is 2.19. The number of hydrogen-bond donors (Lipinski definition) is 0. The molecule has 0 amide bonds. The molecule has 0 bridgehead atoms. The first-order valence-electron chi connectivity index (χ1n) is 25.4. The van der Waals surface area contributed by atoms with Crippen molar-refractivity contribution >= 4 is 17.9 Å². The third-order valence-corrected chi connectivity index (χ3v) is 10.7. The first-order chi connectivity index (χ1) is 30.0. The predicted octanol–water partition coefficient (Wildman–Crippen LogP) is 16.6. The number of allylic oxidation sites excluding steroid dienone is 12. The van der Waals surface area contributed by atoms with Crippen molar-refractivity contribution in [1.82, 2.24) is 0 Å². The van der Waals surface area contributed by atoms with E-state index in [-0.39, 0.29) is 31.1 Å². The Morgan fingerprint density at radius 3 is 1.03 bits per heavy atom. The van der Waals surface area contributed by atoms with E-state index < -0.39 is 6.10 Å². The normalized spacial score (nSPS) is 12.6. The molecular weight excluding hydrogens is 757 g/mol. The molecule has 6 heteroatoms. The molecule has 0 radical (unpaired) electrons. The zero-order chi connectivity index (χ0) is 44.4. The van der Waals surface area contributed by atoms with Crippen LogP contribution in [0.3, 0.4) is 0 Å². The van der Waals surface area contributed by atoms with Gasteiger partial charge in [0, 0.05) is 19.3 Å². The zero-order valence-corrected chi connectivity index (χ0v) is 39.9. The smallest absolute Gasteiger partial charge is 0.306 e. The fraction of sp³-hybridized carbons (Fsp3) is 0.727. The lowest BCUT2D eigenvalue weighted by Gasteiger charge is -2.18. The minimum atomic E-state index is -0.792. The van der Waals surface area contributed by atoms with Crippen LogP contribution in [0.25, 0.3) is 0 Å². The van der Waals surface area contributed by atoms with Gasteiger partial charge in [0.15, 0.2) is 6.10 Å². The molecule has 0 unspecified atom stereocenters. The molecule has 0 aliphatic carbocycles. The van der Waals surface area contributed by atoms with Gasteiger partial charge in [0.1, 0.15) is 13.2 Å². The number of unbranched alkanes of at least 4 members (excludes halogenated alkanes) is 22. The van der Waals surface area contributed by atoms with Crippen molar-refractivity contribution in [2.24, 2.45) is 0 Å². The zero-order valence-electron chi connectivity index (χ0n) is 39.9. The van der Waals surface area contributed by atoms with Crippen molar-refractivity contribution in [2.45, 2.75) is 245 Å². The molecule has 0 aromatic rings. The van der Waals surface area contributed by atoms with Crippen LogP contribution < -0.4 is 0 Å². The van der Waals surface area contributed by atoms with Gasteiger partial charge in [-0.1, -0.05) is 203 Å². The Morgan fingerprint density at radius 1 is 0.344 bits per heavy atom. The summed E-state index contributed by atoms with van der Waals surface area (Å²) >= 11 is 0. The van der Waals surface area contributed by atoms with Crippen molar-refractivity contribution in [3.8, 4) is 0 Å². The van der Waals surface area contributed by atoms with E-state index in [9.17, 15) is 14.4 Å². The Labute approximate surface area is 376 Å². The topological polar surface area (TPSA) is 78.9 Å². The molecule has 6 nitrogen and oxygen atoms in total. The van der Waals surface area contributed by atoms with Crippen LogP contribution in [0, 0.1) is 0 Å². The average molecular weight is 851 g/mol. The van der Waals surface area contributed by atoms with Crippen LogP contribution in [-0.2, 0) is 28.6 Å². The molecule has 0 heterocycles. The largest absolute Gasteiger partial charge is 0.462 e. The molecule has 0 saturated heterocycles. The number of esters is 3. The highest BCUT2D eigenvalue weighted by atomic mass is 16.6. The fourth-order valence-corrected chi connectivity index (χ4v) is 6.87. The molecule has 350 valence electrons. The molecule has 0 aromatic heterocycles. The molecule has 0 aromatic carbocycles. The second-order valence-corrected chi connectivity index (χ2v) is 16.7. The van der Waals surface area contributed by atoms with Crippen LogP contribution in [0.2, 0.25) is 0 Å². The van der Waals surface area contributed by atoms with E-state index in [0.717, 1.165) is 122 Å². The summed E-state index contributed by atoms with van der Waals surface area (Å²) in [6.45, 7) is 6.46. The monoisotopic (exact) mass is 851 g/mol. The lowest BCUT2D eigenvalue weighted by molar-refractivity contribution is -0.167. The second kappa shape index (κ2) is 49.5. The van der Waals surface area contributed by atoms with Gasteiger partial charge in [0.05, 0.1) is 0 Å². The third-order valence-electron chi connectivity index (χ3n) is 10.7. The number of carbonyl (C=O) groups is 3. The van der Waals surface area contributed by atoms with E-state index in [4.69, 9.17) is 14.2 Å². The summed E-state index contributed by atoms with van der Waals surface area (Å²) in [6, 6.07) is 0. The maximum atomic E-state index is 12.8. The molecule has 0 spiro atoms. The molecule has 0 saturated carbocycles. The van der Waals surface area contributed by atoms with Crippen molar-refractivity contribution in [1.29, 1.82) is 0 Å². The van der Waals surface area contributed by atoms with Crippen LogP contribution in [0.15, 0.2) is 72.9 Å². The predicted molar refractivity (Wildman–Crippen MR) is 261 cm³/mol. The Morgan fingerprint density at radius 2 is 0.639 bits per heavy atom. The summed E-state index contributed by atoms with van der Waals surface area (Å²) in [5, 5.41) is 0. The Kier molecular flexibility index (Phi) is 46.9. The van der Waals surface area contributed by atoms with E-state index in [1.807, 2.05) is 0 Å². The first kappa shape index (κ1) is 57.9. The fourth-order valence-electron chi connectivity index (χ4n) is 6.87. The van der Waals surface area contributed by atoms with Gasteiger partial charge in [0.2, 0.25) is 0 Å². The molecule has 0 aliphatic heterocycles.